The number of nitrogens with zero attached hydrogens (tertiary/aromatic N) is 1. The zero-order valence-electron chi connectivity index (χ0n) is 12.2. The number of para-hydroxylation sites is 1. The molecule has 3 heteroatoms. The smallest absolute Gasteiger partial charge is 0.167 e. The lowest BCUT2D eigenvalue weighted by atomic mass is 10.1. The molecule has 2 aromatic carbocycles. The van der Waals surface area contributed by atoms with Gasteiger partial charge in [0.05, 0.1) is 0 Å². The number of nitrogens with two attached hydrogens (primary N) is 1. The third-order valence-corrected chi connectivity index (χ3v) is 2.96. The number of aromatic nitrogens is 1. The van der Waals surface area contributed by atoms with Crippen molar-refractivity contribution in [2.24, 2.45) is 5.73 Å². The highest BCUT2D eigenvalue weighted by Crippen LogP contribution is 2.26. The van der Waals surface area contributed by atoms with Crippen LogP contribution in [0.2, 0.25) is 0 Å². The van der Waals surface area contributed by atoms with E-state index < -0.39 is 0 Å². The zero-order valence-corrected chi connectivity index (χ0v) is 12.2. The summed E-state index contributed by atoms with van der Waals surface area (Å²) in [6.07, 6.45) is 2.74. The molecule has 3 aromatic rings. The fourth-order valence-electron chi connectivity index (χ4n) is 1.95. The first kappa shape index (κ1) is 15.0. The second-order valence-electron chi connectivity index (χ2n) is 4.90. The van der Waals surface area contributed by atoms with Gasteiger partial charge in [-0.25, -0.2) is 0 Å². The highest BCUT2D eigenvalue weighted by molar-refractivity contribution is 5.91. The quantitative estimate of drug-likeness (QED) is 0.723. The molecule has 0 aliphatic heterocycles. The molecule has 1 unspecified atom stereocenters. The lowest BCUT2D eigenvalue weighted by Crippen LogP contribution is -2.12. The first-order valence-electron chi connectivity index (χ1n) is 6.98. The van der Waals surface area contributed by atoms with Crippen molar-refractivity contribution in [1.29, 1.82) is 0 Å². The molecule has 0 radical (unpaired) electrons. The summed E-state index contributed by atoms with van der Waals surface area (Å²) >= 11 is 0. The molecule has 0 saturated carbocycles. The second kappa shape index (κ2) is 7.41. The maximum absolute atomic E-state index is 5.33. The minimum atomic E-state index is 0.280. The monoisotopic (exact) mass is 280 g/mol. The number of benzene rings is 2. The highest BCUT2D eigenvalue weighted by Gasteiger charge is 2.08. The Morgan fingerprint density at radius 2 is 1.81 bits per heavy atom. The minimum Gasteiger partial charge on any atom is -0.356 e. The van der Waals surface area contributed by atoms with E-state index in [1.165, 1.54) is 0 Å². The standard InChI is InChI=1S/C13H9NO.C5H11N/c1-2-6-10(7-3-1)13-11-8-4-5-9-12(11)15-14-13;1-3-4-5(2)6/h1-9H;3,5H,1,4,6H2,2H3. The highest BCUT2D eigenvalue weighted by atomic mass is 16.5. The molecule has 1 aromatic heterocycles. The van der Waals surface area contributed by atoms with Crippen molar-refractivity contribution in [3.8, 4) is 11.3 Å². The van der Waals surface area contributed by atoms with Crippen LogP contribution in [0.4, 0.5) is 0 Å². The topological polar surface area (TPSA) is 52.0 Å². The predicted molar refractivity (Wildman–Crippen MR) is 87.9 cm³/mol. The van der Waals surface area contributed by atoms with Crippen LogP contribution in [0.25, 0.3) is 22.2 Å². The van der Waals surface area contributed by atoms with E-state index in [4.69, 9.17) is 10.3 Å². The van der Waals surface area contributed by atoms with Gasteiger partial charge in [0.15, 0.2) is 5.58 Å². The molecular formula is C18H20N2O. The van der Waals surface area contributed by atoms with Gasteiger partial charge in [-0.15, -0.1) is 6.58 Å². The summed E-state index contributed by atoms with van der Waals surface area (Å²) in [6, 6.07) is 18.2. The van der Waals surface area contributed by atoms with Crippen molar-refractivity contribution in [1.82, 2.24) is 5.16 Å². The molecule has 0 amide bonds. The molecule has 0 bridgehead atoms. The maximum Gasteiger partial charge on any atom is 0.167 e. The van der Waals surface area contributed by atoms with Crippen LogP contribution in [-0.4, -0.2) is 11.2 Å². The van der Waals surface area contributed by atoms with Crippen LogP contribution in [0.5, 0.6) is 0 Å². The van der Waals surface area contributed by atoms with Gasteiger partial charge in [0.2, 0.25) is 0 Å². The molecule has 3 rings (SSSR count). The fraction of sp³-hybridized carbons (Fsp3) is 0.167. The molecule has 0 aliphatic rings. The molecule has 1 heterocycles. The Kier molecular flexibility index (Phi) is 5.29. The van der Waals surface area contributed by atoms with Gasteiger partial charge in [-0.2, -0.15) is 0 Å². The minimum absolute atomic E-state index is 0.280. The Bertz CT molecular complexity index is 687. The van der Waals surface area contributed by atoms with E-state index in [0.717, 1.165) is 28.6 Å². The van der Waals surface area contributed by atoms with Gasteiger partial charge in [0, 0.05) is 17.0 Å². The van der Waals surface area contributed by atoms with Gasteiger partial charge in [-0.3, -0.25) is 0 Å². The van der Waals surface area contributed by atoms with Crippen molar-refractivity contribution in [3.05, 3.63) is 67.3 Å². The van der Waals surface area contributed by atoms with Gasteiger partial charge >= 0.3 is 0 Å². The van der Waals surface area contributed by atoms with Crippen molar-refractivity contribution < 1.29 is 4.52 Å². The lowest BCUT2D eigenvalue weighted by Gasteiger charge is -1.94. The van der Waals surface area contributed by atoms with Crippen molar-refractivity contribution in [2.45, 2.75) is 19.4 Å². The van der Waals surface area contributed by atoms with Gasteiger partial charge in [0.1, 0.15) is 5.69 Å². The molecule has 1 atom stereocenters. The van der Waals surface area contributed by atoms with Crippen LogP contribution >= 0.6 is 0 Å². The van der Waals surface area contributed by atoms with Crippen LogP contribution < -0.4 is 5.73 Å². The summed E-state index contributed by atoms with van der Waals surface area (Å²) in [5, 5.41) is 5.15. The van der Waals surface area contributed by atoms with E-state index in [1.54, 1.807) is 0 Å². The first-order chi connectivity index (χ1) is 10.2. The van der Waals surface area contributed by atoms with Crippen molar-refractivity contribution >= 4 is 11.0 Å². The number of hydrogen-bond donors (Lipinski definition) is 1. The van der Waals surface area contributed by atoms with Gasteiger partial charge in [0.25, 0.3) is 0 Å². The Balaban J connectivity index is 0.000000232. The van der Waals surface area contributed by atoms with E-state index in [2.05, 4.69) is 11.7 Å². The van der Waals surface area contributed by atoms with Crippen molar-refractivity contribution in [2.75, 3.05) is 0 Å². The number of rotatable bonds is 3. The molecule has 2 N–H and O–H groups in total. The van der Waals surface area contributed by atoms with E-state index in [1.807, 2.05) is 67.6 Å². The summed E-state index contributed by atoms with van der Waals surface area (Å²) < 4.78 is 5.25. The first-order valence-corrected chi connectivity index (χ1v) is 6.98. The largest absolute Gasteiger partial charge is 0.356 e. The predicted octanol–water partition coefficient (Wildman–Crippen LogP) is 4.40. The molecule has 108 valence electrons. The zero-order chi connectivity index (χ0) is 15.1. The molecule has 3 nitrogen and oxygen atoms in total. The van der Waals surface area contributed by atoms with Crippen molar-refractivity contribution in [3.63, 3.8) is 0 Å². The summed E-state index contributed by atoms with van der Waals surface area (Å²) in [5.41, 5.74) is 8.16. The summed E-state index contributed by atoms with van der Waals surface area (Å²) in [6.45, 7) is 5.48. The SMILES string of the molecule is C=CCC(C)N.c1ccc(-c2noc3ccccc23)cc1. The Hall–Kier alpha value is -2.39. The van der Waals surface area contributed by atoms with Crippen LogP contribution in [0.3, 0.4) is 0 Å². The van der Waals surface area contributed by atoms with E-state index in [0.29, 0.717) is 0 Å². The normalized spacial score (nSPS) is 11.5. The summed E-state index contributed by atoms with van der Waals surface area (Å²) in [5.74, 6) is 0. The molecular weight excluding hydrogens is 260 g/mol. The molecule has 0 fully saturated rings. The molecule has 21 heavy (non-hydrogen) atoms. The van der Waals surface area contributed by atoms with Gasteiger partial charge in [-0.05, 0) is 25.5 Å². The summed E-state index contributed by atoms with van der Waals surface area (Å²) in [7, 11) is 0. The second-order valence-corrected chi connectivity index (χ2v) is 4.90. The molecule has 0 saturated heterocycles. The van der Waals surface area contributed by atoms with E-state index >= 15 is 0 Å². The van der Waals surface area contributed by atoms with E-state index in [-0.39, 0.29) is 6.04 Å². The summed E-state index contributed by atoms with van der Waals surface area (Å²) in [4.78, 5) is 0. The molecule has 0 aliphatic carbocycles. The molecule has 0 spiro atoms. The lowest BCUT2D eigenvalue weighted by molar-refractivity contribution is 0.459. The average Bonchev–Trinajstić information content (AvgIpc) is 2.92. The van der Waals surface area contributed by atoms with E-state index in [9.17, 15) is 0 Å². The number of hydrogen-bond acceptors (Lipinski definition) is 3. The van der Waals surface area contributed by atoms with Crippen LogP contribution in [0.1, 0.15) is 13.3 Å². The third kappa shape index (κ3) is 4.04. The fourth-order valence-corrected chi connectivity index (χ4v) is 1.95. The van der Waals surface area contributed by atoms with Crippen LogP contribution in [0.15, 0.2) is 71.8 Å². The maximum atomic E-state index is 5.33. The Morgan fingerprint density at radius 3 is 2.43 bits per heavy atom. The average molecular weight is 280 g/mol. The third-order valence-electron chi connectivity index (χ3n) is 2.96. The van der Waals surface area contributed by atoms with Gasteiger partial charge < -0.3 is 10.3 Å². The van der Waals surface area contributed by atoms with Gasteiger partial charge in [-0.1, -0.05) is 53.7 Å². The van der Waals surface area contributed by atoms with Crippen LogP contribution in [-0.2, 0) is 0 Å². The Labute approximate surface area is 125 Å². The van der Waals surface area contributed by atoms with Crippen LogP contribution in [0, 0.1) is 0 Å². The Morgan fingerprint density at radius 1 is 1.14 bits per heavy atom. The number of fused-ring (bicyclic) bond motifs is 1.